The van der Waals surface area contributed by atoms with E-state index in [9.17, 15) is 14.6 Å². The molecule has 1 aromatic carbocycles. The highest BCUT2D eigenvalue weighted by molar-refractivity contribution is 7.65. The second-order valence-corrected chi connectivity index (χ2v) is 6.33. The van der Waals surface area contributed by atoms with Crippen molar-refractivity contribution >= 4 is 19.3 Å². The van der Waals surface area contributed by atoms with Crippen molar-refractivity contribution in [3.05, 3.63) is 41.5 Å². The van der Waals surface area contributed by atoms with Crippen LogP contribution >= 0.6 is 7.60 Å². The topological polar surface area (TPSA) is 99.9 Å². The van der Waals surface area contributed by atoms with E-state index in [1.165, 1.54) is 6.08 Å². The molecule has 1 aromatic rings. The fraction of sp³-hybridized carbons (Fsp3) is 0.333. The molecule has 0 fully saturated rings. The molecule has 0 aromatic heterocycles. The quantitative estimate of drug-likeness (QED) is 0.321. The first kappa shape index (κ1) is 19.1. The summed E-state index contributed by atoms with van der Waals surface area (Å²) in [6.07, 6.45) is 1.64. The number of hydrogen-bond donors (Lipinski definition) is 1. The Morgan fingerprint density at radius 2 is 1.87 bits per heavy atom. The Morgan fingerprint density at radius 1 is 1.30 bits per heavy atom. The molecule has 0 radical (unpaired) electrons. The minimum atomic E-state index is -3.62. The molecule has 0 spiro atoms. The van der Waals surface area contributed by atoms with Gasteiger partial charge in [0.15, 0.2) is 0 Å². The first-order valence-corrected chi connectivity index (χ1v) is 8.56. The van der Waals surface area contributed by atoms with Crippen LogP contribution in [0.25, 0.3) is 5.31 Å². The van der Waals surface area contributed by atoms with Crippen LogP contribution in [0, 0.1) is 11.3 Å². The average Bonchev–Trinajstić information content (AvgIpc) is 2.55. The van der Waals surface area contributed by atoms with E-state index in [-0.39, 0.29) is 31.5 Å². The number of carbonyl (C=O) groups excluding carboxylic acids is 1. The molecule has 0 aliphatic heterocycles. The number of rotatable bonds is 9. The molecule has 0 aliphatic rings. The van der Waals surface area contributed by atoms with Crippen molar-refractivity contribution in [2.24, 2.45) is 0 Å². The molecule has 8 heteroatoms. The fourth-order valence-corrected chi connectivity index (χ4v) is 3.65. The summed E-state index contributed by atoms with van der Waals surface area (Å²) in [7, 11) is -3.62. The van der Waals surface area contributed by atoms with E-state index in [2.05, 4.69) is 0 Å². The number of nitriles is 1. The predicted octanol–water partition coefficient (Wildman–Crippen LogP) is 3.01. The van der Waals surface area contributed by atoms with Gasteiger partial charge in [-0.3, -0.25) is 14.6 Å². The van der Waals surface area contributed by atoms with Crippen molar-refractivity contribution in [2.75, 3.05) is 19.8 Å². The summed E-state index contributed by atoms with van der Waals surface area (Å²) >= 11 is 0. The lowest BCUT2D eigenvalue weighted by atomic mass is 10.1. The number of hydrogen-bond acceptors (Lipinski definition) is 6. The summed E-state index contributed by atoms with van der Waals surface area (Å²) in [5.74, 6) is 0. The van der Waals surface area contributed by atoms with E-state index in [0.29, 0.717) is 16.2 Å². The second kappa shape index (κ2) is 9.23. The molecular formula is C15H19N2O5P. The highest BCUT2D eigenvalue weighted by Crippen LogP contribution is 2.60. The third-order valence-electron chi connectivity index (χ3n) is 2.80. The van der Waals surface area contributed by atoms with Gasteiger partial charge in [0.25, 0.3) is 0 Å². The molecule has 1 N–H and O–H groups in total. The lowest BCUT2D eigenvalue weighted by molar-refractivity contribution is -0.147. The molecule has 0 saturated heterocycles. The zero-order valence-corrected chi connectivity index (χ0v) is 13.9. The Morgan fingerprint density at radius 3 is 2.30 bits per heavy atom. The molecule has 0 heterocycles. The van der Waals surface area contributed by atoms with Gasteiger partial charge in [0.1, 0.15) is 0 Å². The van der Waals surface area contributed by atoms with Crippen LogP contribution in [0.4, 0.5) is 0 Å². The van der Waals surface area contributed by atoms with E-state index >= 15 is 0 Å². The lowest BCUT2D eigenvalue weighted by Gasteiger charge is -2.21. The average molecular weight is 338 g/mol. The third-order valence-corrected chi connectivity index (χ3v) is 5.02. The summed E-state index contributed by atoms with van der Waals surface area (Å²) in [5.41, 5.74) is 0.973. The number of hydroxylamine groups is 2. The van der Waals surface area contributed by atoms with Crippen molar-refractivity contribution in [3.8, 4) is 6.07 Å². The van der Waals surface area contributed by atoms with Crippen LogP contribution in [0.2, 0.25) is 0 Å². The minimum absolute atomic E-state index is 0.168. The van der Waals surface area contributed by atoms with Gasteiger partial charge < -0.3 is 9.05 Å². The molecule has 23 heavy (non-hydrogen) atoms. The summed E-state index contributed by atoms with van der Waals surface area (Å²) in [5, 5.41) is 18.8. The number of carbonyl (C=O) groups is 1. The van der Waals surface area contributed by atoms with Crippen molar-refractivity contribution in [3.63, 3.8) is 0 Å². The van der Waals surface area contributed by atoms with Crippen molar-refractivity contribution in [2.45, 2.75) is 13.8 Å². The first-order valence-electron chi connectivity index (χ1n) is 7.01. The Balaban J connectivity index is 3.31. The zero-order valence-electron chi connectivity index (χ0n) is 13.0. The highest BCUT2D eigenvalue weighted by Gasteiger charge is 2.30. The fourth-order valence-electron chi connectivity index (χ4n) is 1.84. The van der Waals surface area contributed by atoms with Crippen LogP contribution in [0.15, 0.2) is 30.3 Å². The maximum Gasteiger partial charge on any atom is 0.361 e. The Labute approximate surface area is 135 Å². The van der Waals surface area contributed by atoms with Crippen molar-refractivity contribution < 1.29 is 23.6 Å². The smallest absolute Gasteiger partial charge is 0.305 e. The van der Waals surface area contributed by atoms with Crippen LogP contribution in [0.1, 0.15) is 25.0 Å². The van der Waals surface area contributed by atoms with Gasteiger partial charge in [-0.15, -0.1) is 0 Å². The lowest BCUT2D eigenvalue weighted by Crippen LogP contribution is -2.16. The molecule has 124 valence electrons. The molecule has 1 rings (SSSR count). The largest absolute Gasteiger partial charge is 0.361 e. The Hall–Kier alpha value is -1.97. The maximum atomic E-state index is 13.0. The van der Waals surface area contributed by atoms with Gasteiger partial charge >= 0.3 is 7.60 Å². The molecule has 0 saturated carbocycles. The number of nitrogens with zero attached hydrogens (tertiary/aromatic N) is 2. The van der Waals surface area contributed by atoms with E-state index in [0.717, 1.165) is 0 Å². The monoisotopic (exact) mass is 338 g/mol. The standard InChI is InChI=1S/C15H19N2O5P/c1-3-21-23(20,22-4-2)15(9-10-17(19)12-18)14-7-5-13(11-16)6-8-14/h5-9,12,19H,3-4,10H2,1-2H3. The van der Waals surface area contributed by atoms with Gasteiger partial charge in [0.05, 0.1) is 36.7 Å². The molecule has 0 bridgehead atoms. The maximum absolute atomic E-state index is 13.0. The van der Waals surface area contributed by atoms with Gasteiger partial charge in [-0.25, -0.2) is 5.06 Å². The van der Waals surface area contributed by atoms with Crippen LogP contribution in [0.3, 0.4) is 0 Å². The first-order chi connectivity index (χ1) is 11.0. The Bertz CT molecular complexity index is 626. The number of benzene rings is 1. The van der Waals surface area contributed by atoms with Crippen molar-refractivity contribution in [1.29, 1.82) is 5.26 Å². The van der Waals surface area contributed by atoms with Crippen LogP contribution in [-0.2, 0) is 18.4 Å². The molecule has 0 atom stereocenters. The minimum Gasteiger partial charge on any atom is -0.305 e. The molecule has 1 amide bonds. The summed E-state index contributed by atoms with van der Waals surface area (Å²) in [6.45, 7) is 3.53. The normalized spacial score (nSPS) is 11.8. The zero-order chi connectivity index (χ0) is 17.3. The summed E-state index contributed by atoms with van der Waals surface area (Å²) < 4.78 is 23.6. The van der Waals surface area contributed by atoms with Crippen molar-refractivity contribution in [1.82, 2.24) is 5.06 Å². The molecule has 7 nitrogen and oxygen atoms in total. The van der Waals surface area contributed by atoms with E-state index in [4.69, 9.17) is 14.3 Å². The third kappa shape index (κ3) is 5.31. The molecular weight excluding hydrogens is 319 g/mol. The van der Waals surface area contributed by atoms with Gasteiger partial charge in [0, 0.05) is 0 Å². The van der Waals surface area contributed by atoms with E-state index in [1.807, 2.05) is 6.07 Å². The summed E-state index contributed by atoms with van der Waals surface area (Å²) in [6, 6.07) is 8.36. The van der Waals surface area contributed by atoms with E-state index in [1.54, 1.807) is 38.1 Å². The van der Waals surface area contributed by atoms with Gasteiger partial charge in [-0.2, -0.15) is 5.26 Å². The SMILES string of the molecule is CCOP(=O)(OCC)C(=CCN(O)C=O)c1ccc(C#N)cc1. The number of amides is 1. The van der Waals surface area contributed by atoms with Crippen LogP contribution in [0.5, 0.6) is 0 Å². The second-order valence-electron chi connectivity index (χ2n) is 4.34. The Kier molecular flexibility index (Phi) is 7.66. The predicted molar refractivity (Wildman–Crippen MR) is 84.5 cm³/mol. The van der Waals surface area contributed by atoms with E-state index < -0.39 is 7.60 Å². The molecule has 0 aliphatic carbocycles. The van der Waals surface area contributed by atoms with Crippen LogP contribution in [-0.4, -0.2) is 36.4 Å². The van der Waals surface area contributed by atoms with Gasteiger partial charge in [-0.1, -0.05) is 12.1 Å². The highest BCUT2D eigenvalue weighted by atomic mass is 31.2. The van der Waals surface area contributed by atoms with Gasteiger partial charge in [-0.05, 0) is 37.6 Å². The summed E-state index contributed by atoms with van der Waals surface area (Å²) in [4.78, 5) is 10.5. The van der Waals surface area contributed by atoms with Gasteiger partial charge in [0.2, 0.25) is 6.41 Å². The molecule has 0 unspecified atom stereocenters. The van der Waals surface area contributed by atoms with Crippen LogP contribution < -0.4 is 0 Å².